The summed E-state index contributed by atoms with van der Waals surface area (Å²) >= 11 is 0. The van der Waals surface area contributed by atoms with Crippen LogP contribution in [0.1, 0.15) is 48.0 Å². The zero-order chi connectivity index (χ0) is 20.2. The molecule has 2 atom stereocenters. The van der Waals surface area contributed by atoms with Crippen LogP contribution in [-0.4, -0.2) is 35.0 Å². The Hall–Kier alpha value is -2.89. The molecule has 2 fully saturated rings. The lowest BCUT2D eigenvalue weighted by molar-refractivity contribution is 0.0522. The Bertz CT molecular complexity index is 842. The van der Waals surface area contributed by atoms with Gasteiger partial charge in [-0.3, -0.25) is 4.79 Å². The number of carbonyl (C=O) groups is 2. The highest BCUT2D eigenvalue weighted by molar-refractivity contribution is 5.94. The molecule has 2 N–H and O–H groups in total. The molecule has 2 bridgehead atoms. The predicted molar refractivity (Wildman–Crippen MR) is 109 cm³/mol. The summed E-state index contributed by atoms with van der Waals surface area (Å²) in [6.07, 6.45) is 4.52. The average Bonchev–Trinajstić information content (AvgIpc) is 2.72. The van der Waals surface area contributed by atoms with Crippen molar-refractivity contribution in [1.82, 2.24) is 15.5 Å². The van der Waals surface area contributed by atoms with E-state index in [1.807, 2.05) is 35.2 Å². The highest BCUT2D eigenvalue weighted by Gasteiger charge is 2.41. The van der Waals surface area contributed by atoms with Crippen LogP contribution in [0.15, 0.2) is 54.6 Å². The van der Waals surface area contributed by atoms with Gasteiger partial charge < -0.3 is 15.5 Å². The molecule has 2 aromatic carbocycles. The second-order valence-corrected chi connectivity index (χ2v) is 7.94. The zero-order valence-electron chi connectivity index (χ0n) is 16.3. The molecule has 0 saturated carbocycles. The number of halogens is 1. The molecule has 0 unspecified atom stereocenters. The molecule has 152 valence electrons. The third kappa shape index (κ3) is 4.58. The van der Waals surface area contributed by atoms with E-state index in [1.54, 1.807) is 0 Å². The molecule has 2 aliphatic heterocycles. The molecule has 0 aliphatic carbocycles. The normalized spacial score (nSPS) is 23.3. The number of benzene rings is 2. The summed E-state index contributed by atoms with van der Waals surface area (Å²) in [5.41, 5.74) is 1.53. The van der Waals surface area contributed by atoms with Crippen molar-refractivity contribution >= 4 is 11.9 Å². The van der Waals surface area contributed by atoms with Crippen molar-refractivity contribution in [2.24, 2.45) is 0 Å². The summed E-state index contributed by atoms with van der Waals surface area (Å²) in [4.78, 5) is 27.3. The maximum absolute atomic E-state index is 13.1. The number of carbonyl (C=O) groups excluding carboxylic acids is 2. The lowest BCUT2D eigenvalue weighted by Crippen LogP contribution is -2.60. The van der Waals surface area contributed by atoms with E-state index in [2.05, 4.69) is 10.6 Å². The topological polar surface area (TPSA) is 61.4 Å². The van der Waals surface area contributed by atoms with Gasteiger partial charge in [-0.25, -0.2) is 9.18 Å². The number of amides is 3. The van der Waals surface area contributed by atoms with Gasteiger partial charge in [-0.2, -0.15) is 0 Å². The molecular formula is C23H26FN3O2. The van der Waals surface area contributed by atoms with Gasteiger partial charge in [0.15, 0.2) is 0 Å². The smallest absolute Gasteiger partial charge is 0.318 e. The minimum Gasteiger partial charge on any atom is -0.349 e. The van der Waals surface area contributed by atoms with Gasteiger partial charge >= 0.3 is 6.03 Å². The van der Waals surface area contributed by atoms with Gasteiger partial charge in [0.25, 0.3) is 5.91 Å². The van der Waals surface area contributed by atoms with Crippen LogP contribution in [-0.2, 0) is 6.54 Å². The van der Waals surface area contributed by atoms with Crippen molar-refractivity contribution < 1.29 is 14.0 Å². The molecule has 2 heterocycles. The Kier molecular flexibility index (Phi) is 5.79. The molecule has 29 heavy (non-hydrogen) atoms. The SMILES string of the molecule is O=C(NC1C[C@@H]2CCC[C@@H](C1)N2C(=O)NCc1ccccc1)c1ccc(F)cc1. The monoisotopic (exact) mass is 395 g/mol. The van der Waals surface area contributed by atoms with Gasteiger partial charge in [0.1, 0.15) is 5.82 Å². The summed E-state index contributed by atoms with van der Waals surface area (Å²) in [6.45, 7) is 0.514. The third-order valence-electron chi connectivity index (χ3n) is 5.94. The number of piperidine rings is 2. The van der Waals surface area contributed by atoms with Gasteiger partial charge in [-0.1, -0.05) is 30.3 Å². The quantitative estimate of drug-likeness (QED) is 0.826. The molecule has 6 heteroatoms. The lowest BCUT2D eigenvalue weighted by Gasteiger charge is -2.48. The van der Waals surface area contributed by atoms with E-state index >= 15 is 0 Å². The van der Waals surface area contributed by atoms with E-state index in [9.17, 15) is 14.0 Å². The van der Waals surface area contributed by atoms with Crippen LogP contribution in [0.3, 0.4) is 0 Å². The summed E-state index contributed by atoms with van der Waals surface area (Å²) in [5, 5.41) is 6.13. The molecule has 0 radical (unpaired) electrons. The number of hydrogen-bond donors (Lipinski definition) is 2. The van der Waals surface area contributed by atoms with E-state index in [0.717, 1.165) is 37.7 Å². The van der Waals surface area contributed by atoms with Gasteiger partial charge in [0.05, 0.1) is 0 Å². The van der Waals surface area contributed by atoms with Gasteiger partial charge in [-0.15, -0.1) is 0 Å². The number of fused-ring (bicyclic) bond motifs is 2. The molecule has 2 aromatic rings. The Labute approximate surface area is 170 Å². The molecular weight excluding hydrogens is 369 g/mol. The molecule has 2 saturated heterocycles. The molecule has 4 rings (SSSR count). The average molecular weight is 395 g/mol. The number of hydrogen-bond acceptors (Lipinski definition) is 2. The minimum absolute atomic E-state index is 0.0214. The predicted octanol–water partition coefficient (Wildman–Crippen LogP) is 3.85. The highest BCUT2D eigenvalue weighted by atomic mass is 19.1. The number of nitrogens with zero attached hydrogens (tertiary/aromatic N) is 1. The van der Waals surface area contributed by atoms with Crippen molar-refractivity contribution in [3.8, 4) is 0 Å². The van der Waals surface area contributed by atoms with Crippen molar-refractivity contribution in [3.63, 3.8) is 0 Å². The fourth-order valence-corrected chi connectivity index (χ4v) is 4.57. The Morgan fingerprint density at radius 2 is 1.62 bits per heavy atom. The summed E-state index contributed by atoms with van der Waals surface area (Å²) in [7, 11) is 0. The van der Waals surface area contributed by atoms with Crippen molar-refractivity contribution in [2.45, 2.75) is 56.8 Å². The summed E-state index contributed by atoms with van der Waals surface area (Å²) < 4.78 is 13.1. The van der Waals surface area contributed by atoms with E-state index in [-0.39, 0.29) is 35.9 Å². The second-order valence-electron chi connectivity index (χ2n) is 7.94. The second kappa shape index (κ2) is 8.64. The van der Waals surface area contributed by atoms with Gasteiger partial charge in [0.2, 0.25) is 0 Å². The van der Waals surface area contributed by atoms with E-state index < -0.39 is 0 Å². The fraction of sp³-hybridized carbons (Fsp3) is 0.391. The summed E-state index contributed by atoms with van der Waals surface area (Å²) in [6, 6.07) is 15.7. The maximum atomic E-state index is 13.1. The largest absolute Gasteiger partial charge is 0.349 e. The van der Waals surface area contributed by atoms with Crippen LogP contribution in [0.25, 0.3) is 0 Å². The van der Waals surface area contributed by atoms with Crippen LogP contribution in [0, 0.1) is 5.82 Å². The van der Waals surface area contributed by atoms with E-state index in [1.165, 1.54) is 24.3 Å². The minimum atomic E-state index is -0.356. The maximum Gasteiger partial charge on any atom is 0.318 e. The molecule has 0 aromatic heterocycles. The number of urea groups is 1. The van der Waals surface area contributed by atoms with Crippen LogP contribution >= 0.6 is 0 Å². The van der Waals surface area contributed by atoms with Crippen LogP contribution in [0.2, 0.25) is 0 Å². The Morgan fingerprint density at radius 1 is 0.966 bits per heavy atom. The lowest BCUT2D eigenvalue weighted by atomic mass is 9.82. The van der Waals surface area contributed by atoms with E-state index in [4.69, 9.17) is 0 Å². The Morgan fingerprint density at radius 3 is 2.28 bits per heavy atom. The standard InChI is InChI=1S/C23H26FN3O2/c24-18-11-9-17(10-12-18)22(28)26-19-13-20-7-4-8-21(14-19)27(20)23(29)25-15-16-5-2-1-3-6-16/h1-3,5-6,9-12,19-21H,4,7-8,13-15H2,(H,25,29)(H,26,28)/t20-,21-/m0/s1. The first-order valence-corrected chi connectivity index (χ1v) is 10.3. The number of rotatable bonds is 4. The van der Waals surface area contributed by atoms with Gasteiger partial charge in [-0.05, 0) is 61.9 Å². The zero-order valence-corrected chi connectivity index (χ0v) is 16.3. The van der Waals surface area contributed by atoms with Crippen molar-refractivity contribution in [2.75, 3.05) is 0 Å². The van der Waals surface area contributed by atoms with Gasteiger partial charge in [0, 0.05) is 30.2 Å². The van der Waals surface area contributed by atoms with Crippen LogP contribution in [0.4, 0.5) is 9.18 Å². The molecule has 0 spiro atoms. The van der Waals surface area contributed by atoms with Crippen LogP contribution < -0.4 is 10.6 Å². The molecule has 2 aliphatic rings. The number of nitrogens with one attached hydrogen (secondary N) is 2. The molecule has 3 amide bonds. The highest BCUT2D eigenvalue weighted by Crippen LogP contribution is 2.34. The first-order valence-electron chi connectivity index (χ1n) is 10.3. The first-order chi connectivity index (χ1) is 14.1. The van der Waals surface area contributed by atoms with Crippen LogP contribution in [0.5, 0.6) is 0 Å². The van der Waals surface area contributed by atoms with Crippen molar-refractivity contribution in [3.05, 3.63) is 71.5 Å². The van der Waals surface area contributed by atoms with Crippen molar-refractivity contribution in [1.29, 1.82) is 0 Å². The van der Waals surface area contributed by atoms with E-state index in [0.29, 0.717) is 12.1 Å². The third-order valence-corrected chi connectivity index (χ3v) is 5.94. The summed E-state index contributed by atoms with van der Waals surface area (Å²) in [5.74, 6) is -0.541. The first kappa shape index (κ1) is 19.4. The molecule has 5 nitrogen and oxygen atoms in total. The Balaban J connectivity index is 1.36. The fourth-order valence-electron chi connectivity index (χ4n) is 4.57.